The highest BCUT2D eigenvalue weighted by Crippen LogP contribution is 2.29. The van der Waals surface area contributed by atoms with Gasteiger partial charge in [-0.25, -0.2) is 4.98 Å². The summed E-state index contributed by atoms with van der Waals surface area (Å²) < 4.78 is 2.28. The summed E-state index contributed by atoms with van der Waals surface area (Å²) >= 11 is 2.71. The number of nitrogens with zero attached hydrogens (tertiary/aromatic N) is 4. The number of anilines is 2. The van der Waals surface area contributed by atoms with Crippen LogP contribution in [0.15, 0.2) is 40.3 Å². The van der Waals surface area contributed by atoms with Crippen LogP contribution in [0.4, 0.5) is 10.8 Å². The Hall–Kier alpha value is -2.39. The number of benzene rings is 1. The van der Waals surface area contributed by atoms with Crippen molar-refractivity contribution in [2.24, 2.45) is 0 Å². The molecule has 1 saturated heterocycles. The fourth-order valence-corrected chi connectivity index (χ4v) is 5.30. The second-order valence-corrected chi connectivity index (χ2v) is 9.17. The molecule has 0 saturated carbocycles. The highest BCUT2D eigenvalue weighted by Gasteiger charge is 2.20. The van der Waals surface area contributed by atoms with Gasteiger partial charge in [0.15, 0.2) is 15.9 Å². The van der Waals surface area contributed by atoms with Gasteiger partial charge in [-0.1, -0.05) is 48.2 Å². The third-order valence-electron chi connectivity index (χ3n) is 4.93. The van der Waals surface area contributed by atoms with Gasteiger partial charge in [0.05, 0.1) is 5.75 Å². The molecule has 0 unspecified atom stereocenters. The van der Waals surface area contributed by atoms with Crippen molar-refractivity contribution in [2.75, 3.05) is 29.1 Å². The Balaban J connectivity index is 1.57. The van der Waals surface area contributed by atoms with Crippen molar-refractivity contribution in [2.45, 2.75) is 44.3 Å². The molecule has 0 atom stereocenters. The van der Waals surface area contributed by atoms with Crippen molar-refractivity contribution >= 4 is 50.2 Å². The van der Waals surface area contributed by atoms with Gasteiger partial charge in [0.1, 0.15) is 4.70 Å². The third-order valence-corrected chi connectivity index (χ3v) is 7.00. The Morgan fingerprint density at radius 1 is 1.17 bits per heavy atom. The molecule has 9 heteroatoms. The predicted molar refractivity (Wildman–Crippen MR) is 124 cm³/mol. The maximum absolute atomic E-state index is 13.1. The quantitative estimate of drug-likeness (QED) is 0.439. The van der Waals surface area contributed by atoms with Crippen molar-refractivity contribution in [3.8, 4) is 0 Å². The molecule has 4 rings (SSSR count). The molecule has 1 aliphatic heterocycles. The Labute approximate surface area is 183 Å². The van der Waals surface area contributed by atoms with E-state index in [0.717, 1.165) is 43.2 Å². The summed E-state index contributed by atoms with van der Waals surface area (Å²) in [5.74, 6) is 0.0514. The van der Waals surface area contributed by atoms with Crippen molar-refractivity contribution < 1.29 is 4.79 Å². The second kappa shape index (κ2) is 9.61. The van der Waals surface area contributed by atoms with E-state index >= 15 is 0 Å². The fourth-order valence-electron chi connectivity index (χ4n) is 3.48. The van der Waals surface area contributed by atoms with Crippen LogP contribution in [-0.4, -0.2) is 39.3 Å². The molecule has 0 aliphatic carbocycles. The van der Waals surface area contributed by atoms with E-state index in [4.69, 9.17) is 0 Å². The van der Waals surface area contributed by atoms with Crippen LogP contribution < -0.4 is 15.8 Å². The first-order valence-electron chi connectivity index (χ1n) is 10.3. The van der Waals surface area contributed by atoms with E-state index in [1.165, 1.54) is 29.5 Å². The maximum atomic E-state index is 13.1. The predicted octanol–water partition coefficient (Wildman–Crippen LogP) is 3.98. The summed E-state index contributed by atoms with van der Waals surface area (Å²) in [5, 5.41) is 4.29. The summed E-state index contributed by atoms with van der Waals surface area (Å²) in [6.07, 6.45) is 4.37. The van der Waals surface area contributed by atoms with Crippen LogP contribution in [-0.2, 0) is 11.3 Å². The van der Waals surface area contributed by atoms with Crippen molar-refractivity contribution in [1.29, 1.82) is 0 Å². The minimum Gasteiger partial charge on any atom is -0.348 e. The molecule has 3 aromatic rings. The summed E-state index contributed by atoms with van der Waals surface area (Å²) in [5.41, 5.74) is 1.18. The lowest BCUT2D eigenvalue weighted by Gasteiger charge is -2.25. The lowest BCUT2D eigenvalue weighted by molar-refractivity contribution is -0.113. The van der Waals surface area contributed by atoms with E-state index in [9.17, 15) is 9.59 Å². The lowest BCUT2D eigenvalue weighted by atomic mass is 10.1. The van der Waals surface area contributed by atoms with Crippen molar-refractivity contribution in [3.05, 3.63) is 40.7 Å². The smallest absolute Gasteiger partial charge is 0.273 e. The molecule has 2 aromatic heterocycles. The largest absolute Gasteiger partial charge is 0.348 e. The molecule has 0 radical (unpaired) electrons. The molecule has 0 bridgehead atoms. The number of carbonyl (C=O) groups excluding carboxylic acids is 1. The Morgan fingerprint density at radius 2 is 1.93 bits per heavy atom. The summed E-state index contributed by atoms with van der Waals surface area (Å²) in [6, 6.07) is 9.34. The van der Waals surface area contributed by atoms with Gasteiger partial charge in [-0.05, 0) is 37.8 Å². The van der Waals surface area contributed by atoms with Gasteiger partial charge >= 0.3 is 0 Å². The van der Waals surface area contributed by atoms with Crippen LogP contribution in [0, 0.1) is 0 Å². The van der Waals surface area contributed by atoms with E-state index in [0.29, 0.717) is 22.0 Å². The normalized spacial score (nSPS) is 14.2. The Bertz CT molecular complexity index is 1070. The number of piperidine rings is 1. The first-order chi connectivity index (χ1) is 14.7. The van der Waals surface area contributed by atoms with Crippen molar-refractivity contribution in [1.82, 2.24) is 14.5 Å². The first-order valence-corrected chi connectivity index (χ1v) is 12.1. The molecule has 1 aromatic carbocycles. The number of aromatic nitrogens is 3. The van der Waals surface area contributed by atoms with Gasteiger partial charge in [0, 0.05) is 25.3 Å². The van der Waals surface area contributed by atoms with E-state index in [1.54, 1.807) is 4.57 Å². The zero-order valence-electron chi connectivity index (χ0n) is 17.0. The second-order valence-electron chi connectivity index (χ2n) is 7.25. The summed E-state index contributed by atoms with van der Waals surface area (Å²) in [4.78, 5) is 37.1. The monoisotopic (exact) mass is 443 g/mol. The standard InChI is InChI=1S/C21H25N5O2S2/c1-2-11-26-19(28)17-18(23-20(30-17)25-12-7-4-8-13-25)24-21(26)29-14-16(27)22-15-9-5-3-6-10-15/h3,5-6,9-10H,2,4,7-8,11-14H2,1H3,(H,22,27). The van der Waals surface area contributed by atoms with Crippen molar-refractivity contribution in [3.63, 3.8) is 0 Å². The molecular formula is C21H25N5O2S2. The van der Waals surface area contributed by atoms with Crippen LogP contribution in [0.2, 0.25) is 0 Å². The molecular weight excluding hydrogens is 418 g/mol. The third kappa shape index (κ3) is 4.67. The number of amides is 1. The van der Waals surface area contributed by atoms with Crippen LogP contribution >= 0.6 is 23.1 Å². The number of fused-ring (bicyclic) bond motifs is 1. The average Bonchev–Trinajstić information content (AvgIpc) is 3.20. The van der Waals surface area contributed by atoms with Crippen LogP contribution in [0.3, 0.4) is 0 Å². The number of para-hydroxylation sites is 1. The van der Waals surface area contributed by atoms with Gasteiger partial charge in [-0.3, -0.25) is 14.2 Å². The molecule has 1 aliphatic rings. The zero-order valence-corrected chi connectivity index (χ0v) is 18.6. The van der Waals surface area contributed by atoms with E-state index in [-0.39, 0.29) is 17.2 Å². The van der Waals surface area contributed by atoms with E-state index in [2.05, 4.69) is 20.2 Å². The topological polar surface area (TPSA) is 80.1 Å². The average molecular weight is 444 g/mol. The Kier molecular flexibility index (Phi) is 6.69. The molecule has 30 heavy (non-hydrogen) atoms. The van der Waals surface area contributed by atoms with Crippen LogP contribution in [0.1, 0.15) is 32.6 Å². The van der Waals surface area contributed by atoms with Gasteiger partial charge in [-0.2, -0.15) is 4.98 Å². The highest BCUT2D eigenvalue weighted by molar-refractivity contribution is 7.99. The van der Waals surface area contributed by atoms with Crippen LogP contribution in [0.5, 0.6) is 0 Å². The van der Waals surface area contributed by atoms with Gasteiger partial charge in [-0.15, -0.1) is 0 Å². The SMILES string of the molecule is CCCn1c(SCC(=O)Nc2ccccc2)nc2nc(N3CCCCC3)sc2c1=O. The summed E-state index contributed by atoms with van der Waals surface area (Å²) in [7, 11) is 0. The minimum atomic E-state index is -0.129. The number of thiazole rings is 1. The highest BCUT2D eigenvalue weighted by atomic mass is 32.2. The molecule has 3 heterocycles. The molecule has 158 valence electrons. The van der Waals surface area contributed by atoms with Gasteiger partial charge in [0.25, 0.3) is 5.56 Å². The van der Waals surface area contributed by atoms with Crippen LogP contribution in [0.25, 0.3) is 10.3 Å². The number of rotatable bonds is 7. The number of nitrogens with one attached hydrogen (secondary N) is 1. The van der Waals surface area contributed by atoms with Gasteiger partial charge in [0.2, 0.25) is 5.91 Å². The maximum Gasteiger partial charge on any atom is 0.273 e. The minimum absolute atomic E-state index is 0.0615. The first kappa shape index (κ1) is 20.9. The Morgan fingerprint density at radius 3 is 2.67 bits per heavy atom. The molecule has 1 fully saturated rings. The number of thioether (sulfide) groups is 1. The van der Waals surface area contributed by atoms with E-state index < -0.39 is 0 Å². The number of carbonyl (C=O) groups is 1. The lowest BCUT2D eigenvalue weighted by Crippen LogP contribution is -2.29. The zero-order chi connectivity index (χ0) is 20.9. The number of hydrogen-bond donors (Lipinski definition) is 1. The van der Waals surface area contributed by atoms with Gasteiger partial charge < -0.3 is 10.2 Å². The summed E-state index contributed by atoms with van der Waals surface area (Å²) in [6.45, 7) is 4.55. The van der Waals surface area contributed by atoms with E-state index in [1.807, 2.05) is 37.3 Å². The molecule has 1 N–H and O–H groups in total. The fraction of sp³-hybridized carbons (Fsp3) is 0.429. The number of hydrogen-bond acceptors (Lipinski definition) is 7. The molecule has 1 amide bonds. The molecule has 7 nitrogen and oxygen atoms in total. The molecule has 0 spiro atoms.